The molecule has 0 saturated heterocycles. The topological polar surface area (TPSA) is 50.4 Å². The summed E-state index contributed by atoms with van der Waals surface area (Å²) in [5, 5.41) is 6.67. The molecule has 0 radical (unpaired) electrons. The molecule has 21 heavy (non-hydrogen) atoms. The zero-order chi connectivity index (χ0) is 15.1. The van der Waals surface area contributed by atoms with Crippen molar-refractivity contribution in [3.63, 3.8) is 0 Å². The maximum Gasteiger partial charge on any atom is 0.338 e. The van der Waals surface area contributed by atoms with Crippen molar-refractivity contribution in [1.29, 1.82) is 0 Å². The first kappa shape index (κ1) is 15.4. The molecular formula is C17H24N2O2. The second-order valence-electron chi connectivity index (χ2n) is 5.31. The van der Waals surface area contributed by atoms with Gasteiger partial charge in [-0.2, -0.15) is 0 Å². The summed E-state index contributed by atoms with van der Waals surface area (Å²) in [7, 11) is 0. The highest BCUT2D eigenvalue weighted by atomic mass is 16.5. The molecule has 1 saturated carbocycles. The number of hydrogen-bond acceptors (Lipinski definition) is 4. The summed E-state index contributed by atoms with van der Waals surface area (Å²) in [5.74, 6) is -0.297. The number of esters is 1. The second kappa shape index (κ2) is 7.72. The van der Waals surface area contributed by atoms with Crippen LogP contribution in [-0.4, -0.2) is 18.6 Å². The molecule has 1 aromatic carbocycles. The third-order valence-electron chi connectivity index (χ3n) is 3.75. The Hall–Kier alpha value is -1.97. The summed E-state index contributed by atoms with van der Waals surface area (Å²) in [6, 6.07) is 6.06. The van der Waals surface area contributed by atoms with Crippen molar-refractivity contribution < 1.29 is 9.53 Å². The molecule has 0 aliphatic heterocycles. The number of benzene rings is 1. The predicted molar refractivity (Wildman–Crippen MR) is 86.7 cm³/mol. The van der Waals surface area contributed by atoms with Gasteiger partial charge < -0.3 is 15.4 Å². The Balaban J connectivity index is 2.15. The fraction of sp³-hybridized carbons (Fsp3) is 0.471. The standard InChI is InChI=1S/C17H24N2O2/c1-3-18-16-12-13(17(20)21-4-2)10-11-15(16)19-14-8-6-5-7-9-14/h3,10-12,14,18-19H,1,4-9H2,2H3. The summed E-state index contributed by atoms with van der Waals surface area (Å²) in [4.78, 5) is 11.8. The molecule has 0 bridgehead atoms. The third kappa shape index (κ3) is 4.25. The molecule has 1 fully saturated rings. The van der Waals surface area contributed by atoms with Gasteiger partial charge in [-0.1, -0.05) is 25.8 Å². The van der Waals surface area contributed by atoms with Gasteiger partial charge in [-0.3, -0.25) is 0 Å². The van der Waals surface area contributed by atoms with Gasteiger partial charge in [-0.25, -0.2) is 4.79 Å². The van der Waals surface area contributed by atoms with E-state index in [2.05, 4.69) is 17.2 Å². The molecule has 0 aromatic heterocycles. The molecule has 2 N–H and O–H groups in total. The van der Waals surface area contributed by atoms with E-state index in [1.807, 2.05) is 12.1 Å². The van der Waals surface area contributed by atoms with Crippen LogP contribution in [0, 0.1) is 0 Å². The van der Waals surface area contributed by atoms with Crippen molar-refractivity contribution in [2.24, 2.45) is 0 Å². The summed E-state index contributed by atoms with van der Waals surface area (Å²) in [6.07, 6.45) is 7.92. The summed E-state index contributed by atoms with van der Waals surface area (Å²) in [5.41, 5.74) is 2.42. The Kier molecular flexibility index (Phi) is 5.67. The van der Waals surface area contributed by atoms with Crippen LogP contribution in [0.15, 0.2) is 31.0 Å². The summed E-state index contributed by atoms with van der Waals surface area (Å²) in [6.45, 7) is 5.89. The number of rotatable bonds is 6. The van der Waals surface area contributed by atoms with Gasteiger partial charge in [-0.05, 0) is 44.2 Å². The van der Waals surface area contributed by atoms with Crippen molar-refractivity contribution in [3.05, 3.63) is 36.5 Å². The molecule has 4 nitrogen and oxygen atoms in total. The molecule has 0 unspecified atom stereocenters. The van der Waals surface area contributed by atoms with E-state index in [0.717, 1.165) is 11.4 Å². The second-order valence-corrected chi connectivity index (χ2v) is 5.31. The molecule has 1 aromatic rings. The number of carbonyl (C=O) groups excluding carboxylic acids is 1. The van der Waals surface area contributed by atoms with Crippen LogP contribution in [0.5, 0.6) is 0 Å². The average Bonchev–Trinajstić information content (AvgIpc) is 2.50. The van der Waals surface area contributed by atoms with Gasteiger partial charge in [0, 0.05) is 6.04 Å². The highest BCUT2D eigenvalue weighted by molar-refractivity contribution is 5.92. The largest absolute Gasteiger partial charge is 0.462 e. The monoisotopic (exact) mass is 288 g/mol. The van der Waals surface area contributed by atoms with E-state index in [0.29, 0.717) is 18.2 Å². The van der Waals surface area contributed by atoms with E-state index >= 15 is 0 Å². The van der Waals surface area contributed by atoms with E-state index in [4.69, 9.17) is 4.74 Å². The summed E-state index contributed by atoms with van der Waals surface area (Å²) < 4.78 is 5.04. The lowest BCUT2D eigenvalue weighted by Gasteiger charge is -2.25. The molecule has 4 heteroatoms. The Bertz CT molecular complexity index is 494. The molecule has 0 heterocycles. The highest BCUT2D eigenvalue weighted by Crippen LogP contribution is 2.28. The third-order valence-corrected chi connectivity index (χ3v) is 3.75. The zero-order valence-corrected chi connectivity index (χ0v) is 12.7. The van der Waals surface area contributed by atoms with Crippen LogP contribution < -0.4 is 10.6 Å². The lowest BCUT2D eigenvalue weighted by Crippen LogP contribution is -2.22. The number of anilines is 2. The molecule has 1 aliphatic rings. The van der Waals surface area contributed by atoms with Crippen molar-refractivity contribution in [1.82, 2.24) is 0 Å². The van der Waals surface area contributed by atoms with Gasteiger partial charge >= 0.3 is 5.97 Å². The SMILES string of the molecule is C=CNc1cc(C(=O)OCC)ccc1NC1CCCCC1. The van der Waals surface area contributed by atoms with Crippen molar-refractivity contribution in [2.75, 3.05) is 17.2 Å². The average molecular weight is 288 g/mol. The maximum atomic E-state index is 11.8. The lowest BCUT2D eigenvalue weighted by molar-refractivity contribution is 0.0526. The maximum absolute atomic E-state index is 11.8. The van der Waals surface area contributed by atoms with Gasteiger partial charge in [0.05, 0.1) is 23.5 Å². The first-order valence-electron chi connectivity index (χ1n) is 7.69. The Morgan fingerprint density at radius 3 is 2.76 bits per heavy atom. The van der Waals surface area contributed by atoms with E-state index in [9.17, 15) is 4.79 Å². The van der Waals surface area contributed by atoms with Crippen molar-refractivity contribution >= 4 is 17.3 Å². The smallest absolute Gasteiger partial charge is 0.338 e. The molecule has 0 amide bonds. The minimum Gasteiger partial charge on any atom is -0.462 e. The van der Waals surface area contributed by atoms with Crippen LogP contribution in [0.25, 0.3) is 0 Å². The van der Waals surface area contributed by atoms with Crippen LogP contribution in [-0.2, 0) is 4.74 Å². The van der Waals surface area contributed by atoms with Crippen LogP contribution in [0.3, 0.4) is 0 Å². The normalized spacial score (nSPS) is 15.3. The first-order chi connectivity index (χ1) is 10.2. The Morgan fingerprint density at radius 2 is 2.10 bits per heavy atom. The quantitative estimate of drug-likeness (QED) is 0.772. The summed E-state index contributed by atoms with van der Waals surface area (Å²) >= 11 is 0. The Labute approximate surface area is 126 Å². The molecule has 1 aliphatic carbocycles. The number of carbonyl (C=O) groups is 1. The van der Waals surface area contributed by atoms with E-state index < -0.39 is 0 Å². The van der Waals surface area contributed by atoms with E-state index in [1.54, 1.807) is 19.2 Å². The van der Waals surface area contributed by atoms with Gasteiger partial charge in [0.25, 0.3) is 0 Å². The number of hydrogen-bond donors (Lipinski definition) is 2. The zero-order valence-electron chi connectivity index (χ0n) is 12.7. The Morgan fingerprint density at radius 1 is 1.33 bits per heavy atom. The van der Waals surface area contributed by atoms with Crippen molar-refractivity contribution in [2.45, 2.75) is 45.1 Å². The van der Waals surface area contributed by atoms with Gasteiger partial charge in [0.1, 0.15) is 0 Å². The minimum absolute atomic E-state index is 0.297. The fourth-order valence-corrected chi connectivity index (χ4v) is 2.71. The van der Waals surface area contributed by atoms with Crippen molar-refractivity contribution in [3.8, 4) is 0 Å². The fourth-order valence-electron chi connectivity index (χ4n) is 2.71. The molecular weight excluding hydrogens is 264 g/mol. The minimum atomic E-state index is -0.297. The van der Waals surface area contributed by atoms with Crippen LogP contribution in [0.4, 0.5) is 11.4 Å². The number of ether oxygens (including phenoxy) is 1. The van der Waals surface area contributed by atoms with Gasteiger partial charge in [0.15, 0.2) is 0 Å². The molecule has 0 spiro atoms. The van der Waals surface area contributed by atoms with Gasteiger partial charge in [0.2, 0.25) is 0 Å². The van der Waals surface area contributed by atoms with E-state index in [1.165, 1.54) is 32.1 Å². The van der Waals surface area contributed by atoms with Crippen LogP contribution in [0.1, 0.15) is 49.4 Å². The van der Waals surface area contributed by atoms with Gasteiger partial charge in [-0.15, -0.1) is 0 Å². The molecule has 0 atom stereocenters. The lowest BCUT2D eigenvalue weighted by atomic mass is 9.95. The number of nitrogens with one attached hydrogen (secondary N) is 2. The predicted octanol–water partition coefficient (Wildman–Crippen LogP) is 4.16. The molecule has 2 rings (SSSR count). The van der Waals surface area contributed by atoms with E-state index in [-0.39, 0.29) is 5.97 Å². The van der Waals surface area contributed by atoms with Crippen LogP contribution >= 0.6 is 0 Å². The molecule has 114 valence electrons. The van der Waals surface area contributed by atoms with Crippen LogP contribution in [0.2, 0.25) is 0 Å². The first-order valence-corrected chi connectivity index (χ1v) is 7.69. The highest BCUT2D eigenvalue weighted by Gasteiger charge is 2.16.